The number of rotatable bonds is 8. The summed E-state index contributed by atoms with van der Waals surface area (Å²) in [6.45, 7) is 3.23. The number of ether oxygens (including phenoxy) is 1. The predicted molar refractivity (Wildman–Crippen MR) is 75.6 cm³/mol. The summed E-state index contributed by atoms with van der Waals surface area (Å²) < 4.78 is 43.1. The Balaban J connectivity index is 2.38. The number of hydrogen-bond donors (Lipinski definition) is 2. The molecule has 0 aliphatic carbocycles. The second kappa shape index (κ2) is 8.61. The predicted octanol–water partition coefficient (Wildman–Crippen LogP) is 2.79. The molecule has 1 aromatic carbocycles. The molecule has 0 spiro atoms. The van der Waals surface area contributed by atoms with Crippen LogP contribution in [-0.2, 0) is 17.5 Å². The topological polar surface area (TPSA) is 33.3 Å². The lowest BCUT2D eigenvalue weighted by atomic mass is 10.1. The van der Waals surface area contributed by atoms with Gasteiger partial charge in [-0.25, -0.2) is 0 Å². The van der Waals surface area contributed by atoms with Crippen molar-refractivity contribution in [3.05, 3.63) is 33.8 Å². The number of methoxy groups -OCH3 is 1. The summed E-state index contributed by atoms with van der Waals surface area (Å²) >= 11 is 2.92. The van der Waals surface area contributed by atoms with Crippen LogP contribution >= 0.6 is 15.9 Å². The summed E-state index contributed by atoms with van der Waals surface area (Å²) in [7, 11) is 1.63. The lowest BCUT2D eigenvalue weighted by Crippen LogP contribution is -2.29. The number of nitrogens with one attached hydrogen (secondary N) is 2. The van der Waals surface area contributed by atoms with Crippen molar-refractivity contribution in [3.8, 4) is 0 Å². The highest BCUT2D eigenvalue weighted by atomic mass is 79.9. The molecule has 0 aliphatic rings. The molecule has 0 bridgehead atoms. The largest absolute Gasteiger partial charge is 0.417 e. The Morgan fingerprint density at radius 3 is 2.50 bits per heavy atom. The Hall–Kier alpha value is -0.630. The van der Waals surface area contributed by atoms with Crippen molar-refractivity contribution >= 4 is 15.9 Å². The van der Waals surface area contributed by atoms with Crippen LogP contribution in [0, 0.1) is 0 Å². The zero-order valence-electron chi connectivity index (χ0n) is 11.2. The molecule has 20 heavy (non-hydrogen) atoms. The average molecular weight is 355 g/mol. The van der Waals surface area contributed by atoms with Gasteiger partial charge in [0.25, 0.3) is 0 Å². The molecule has 3 nitrogen and oxygen atoms in total. The van der Waals surface area contributed by atoms with Crippen molar-refractivity contribution in [1.29, 1.82) is 0 Å². The van der Waals surface area contributed by atoms with Crippen LogP contribution in [0.3, 0.4) is 0 Å². The summed E-state index contributed by atoms with van der Waals surface area (Å²) in [4.78, 5) is 0. The molecular formula is C13H18BrF3N2O. The molecule has 0 aliphatic heterocycles. The molecule has 0 unspecified atom stereocenters. The van der Waals surface area contributed by atoms with E-state index in [1.54, 1.807) is 13.2 Å². The Morgan fingerprint density at radius 2 is 1.85 bits per heavy atom. The van der Waals surface area contributed by atoms with Crippen LogP contribution in [0.4, 0.5) is 13.2 Å². The fourth-order valence-electron chi connectivity index (χ4n) is 1.61. The van der Waals surface area contributed by atoms with Crippen molar-refractivity contribution in [1.82, 2.24) is 10.6 Å². The van der Waals surface area contributed by atoms with Crippen LogP contribution in [0.2, 0.25) is 0 Å². The first kappa shape index (κ1) is 17.4. The van der Waals surface area contributed by atoms with E-state index in [9.17, 15) is 13.2 Å². The molecule has 0 saturated carbocycles. The van der Waals surface area contributed by atoms with Crippen molar-refractivity contribution in [2.75, 3.05) is 33.4 Å². The van der Waals surface area contributed by atoms with E-state index in [4.69, 9.17) is 4.74 Å². The minimum absolute atomic E-state index is 0.0648. The molecule has 1 rings (SSSR count). The minimum atomic E-state index is -4.34. The maximum atomic E-state index is 12.7. The van der Waals surface area contributed by atoms with Gasteiger partial charge < -0.3 is 15.4 Å². The molecular weight excluding hydrogens is 337 g/mol. The van der Waals surface area contributed by atoms with Gasteiger partial charge in [-0.1, -0.05) is 22.0 Å². The number of hydrogen-bond acceptors (Lipinski definition) is 3. The minimum Gasteiger partial charge on any atom is -0.383 e. The summed E-state index contributed by atoms with van der Waals surface area (Å²) in [5.41, 5.74) is -0.0348. The fourth-order valence-corrected chi connectivity index (χ4v) is 2.08. The van der Waals surface area contributed by atoms with Crippen molar-refractivity contribution in [2.45, 2.75) is 12.7 Å². The first-order chi connectivity index (χ1) is 9.45. The second-order valence-corrected chi connectivity index (χ2v) is 5.09. The zero-order valence-corrected chi connectivity index (χ0v) is 12.8. The van der Waals surface area contributed by atoms with E-state index in [0.717, 1.165) is 19.2 Å². The average Bonchev–Trinajstić information content (AvgIpc) is 2.38. The van der Waals surface area contributed by atoms with Gasteiger partial charge >= 0.3 is 6.18 Å². The van der Waals surface area contributed by atoms with E-state index in [1.165, 1.54) is 6.07 Å². The monoisotopic (exact) mass is 354 g/mol. The Labute approximate surface area is 125 Å². The Morgan fingerprint density at radius 1 is 1.15 bits per heavy atom. The van der Waals surface area contributed by atoms with Gasteiger partial charge in [0.1, 0.15) is 0 Å². The zero-order chi connectivity index (χ0) is 15.0. The van der Waals surface area contributed by atoms with Gasteiger partial charge in [0.05, 0.1) is 12.2 Å². The second-order valence-electron chi connectivity index (χ2n) is 4.23. The van der Waals surface area contributed by atoms with Crippen LogP contribution < -0.4 is 10.6 Å². The van der Waals surface area contributed by atoms with E-state index in [-0.39, 0.29) is 4.47 Å². The lowest BCUT2D eigenvalue weighted by molar-refractivity contribution is -0.138. The van der Waals surface area contributed by atoms with Crippen LogP contribution in [0.1, 0.15) is 11.1 Å². The molecule has 0 heterocycles. The smallest absolute Gasteiger partial charge is 0.383 e. The van der Waals surface area contributed by atoms with Crippen molar-refractivity contribution < 1.29 is 17.9 Å². The van der Waals surface area contributed by atoms with Gasteiger partial charge in [0, 0.05) is 37.8 Å². The molecule has 114 valence electrons. The summed E-state index contributed by atoms with van der Waals surface area (Å²) in [5.74, 6) is 0. The lowest BCUT2D eigenvalue weighted by Gasteiger charge is -2.12. The summed E-state index contributed by atoms with van der Waals surface area (Å²) in [6, 6.07) is 4.26. The molecule has 0 fully saturated rings. The van der Waals surface area contributed by atoms with E-state index >= 15 is 0 Å². The normalized spacial score (nSPS) is 11.8. The van der Waals surface area contributed by atoms with Crippen LogP contribution in [0.5, 0.6) is 0 Å². The summed E-state index contributed by atoms with van der Waals surface area (Å²) in [6.07, 6.45) is -4.34. The van der Waals surface area contributed by atoms with Gasteiger partial charge in [-0.2, -0.15) is 13.2 Å². The number of benzene rings is 1. The molecule has 2 N–H and O–H groups in total. The molecule has 0 atom stereocenters. The van der Waals surface area contributed by atoms with E-state index < -0.39 is 11.7 Å². The maximum absolute atomic E-state index is 12.7. The molecule has 1 aromatic rings. The van der Waals surface area contributed by atoms with Crippen LogP contribution in [-0.4, -0.2) is 33.4 Å². The van der Waals surface area contributed by atoms with Gasteiger partial charge in [0.2, 0.25) is 0 Å². The van der Waals surface area contributed by atoms with Crippen LogP contribution in [0.25, 0.3) is 0 Å². The molecule has 0 aromatic heterocycles. The van der Waals surface area contributed by atoms with Crippen molar-refractivity contribution in [2.24, 2.45) is 0 Å². The Kier molecular flexibility index (Phi) is 7.50. The Bertz CT molecular complexity index is 413. The van der Waals surface area contributed by atoms with E-state index in [2.05, 4.69) is 26.6 Å². The first-order valence-corrected chi connectivity index (χ1v) is 7.00. The SMILES string of the molecule is COCCNCCNCc1ccc(Br)c(C(F)(F)F)c1. The number of alkyl halides is 3. The first-order valence-electron chi connectivity index (χ1n) is 6.21. The third-order valence-corrected chi connectivity index (χ3v) is 3.32. The highest BCUT2D eigenvalue weighted by Gasteiger charge is 2.32. The van der Waals surface area contributed by atoms with E-state index in [1.807, 2.05) is 0 Å². The standard InChI is InChI=1S/C13H18BrF3N2O/c1-20-7-6-18-4-5-19-9-10-2-3-12(14)11(8-10)13(15,16)17/h2-3,8,18-19H,4-7,9H2,1H3. The van der Waals surface area contributed by atoms with Gasteiger partial charge in [-0.15, -0.1) is 0 Å². The maximum Gasteiger partial charge on any atom is 0.417 e. The van der Waals surface area contributed by atoms with Crippen LogP contribution in [0.15, 0.2) is 22.7 Å². The highest BCUT2D eigenvalue weighted by molar-refractivity contribution is 9.10. The van der Waals surface area contributed by atoms with Gasteiger partial charge in [0.15, 0.2) is 0 Å². The molecule has 0 radical (unpaired) electrons. The molecule has 0 saturated heterocycles. The van der Waals surface area contributed by atoms with Gasteiger partial charge in [-0.3, -0.25) is 0 Å². The fraction of sp³-hybridized carbons (Fsp3) is 0.538. The quantitative estimate of drug-likeness (QED) is 0.704. The molecule has 7 heteroatoms. The molecule has 0 amide bonds. The van der Waals surface area contributed by atoms with Gasteiger partial charge in [-0.05, 0) is 17.7 Å². The van der Waals surface area contributed by atoms with Crippen molar-refractivity contribution in [3.63, 3.8) is 0 Å². The highest BCUT2D eigenvalue weighted by Crippen LogP contribution is 2.35. The number of halogens is 4. The van der Waals surface area contributed by atoms with E-state index in [0.29, 0.717) is 25.3 Å². The third kappa shape index (κ3) is 6.21. The third-order valence-electron chi connectivity index (χ3n) is 2.63. The summed E-state index contributed by atoms with van der Waals surface area (Å²) in [5, 5.41) is 6.23.